The second-order valence-electron chi connectivity index (χ2n) is 4.46. The van der Waals surface area contributed by atoms with E-state index in [0.717, 1.165) is 6.42 Å². The summed E-state index contributed by atoms with van der Waals surface area (Å²) in [7, 11) is -4.56. The molecule has 0 saturated carbocycles. The molecule has 0 spiro atoms. The maximum Gasteiger partial charge on any atom is 0.244 e. The highest BCUT2D eigenvalue weighted by Crippen LogP contribution is 2.22. The molecule has 6 nitrogen and oxygen atoms in total. The average molecular weight is 398 g/mol. The summed E-state index contributed by atoms with van der Waals surface area (Å²) in [4.78, 5) is 4.23. The largest absolute Gasteiger partial charge is 0.369 e. The zero-order valence-electron chi connectivity index (χ0n) is 12.1. The van der Waals surface area contributed by atoms with Crippen molar-refractivity contribution in [3.05, 3.63) is 16.7 Å². The van der Waals surface area contributed by atoms with Crippen LogP contribution in [0.1, 0.15) is 19.8 Å². The fourth-order valence-electron chi connectivity index (χ4n) is 1.56. The minimum atomic E-state index is -3.65. The van der Waals surface area contributed by atoms with E-state index in [-0.39, 0.29) is 11.4 Å². The molecule has 1 aromatic rings. The van der Waals surface area contributed by atoms with Gasteiger partial charge in [-0.2, -0.15) is 0 Å². The van der Waals surface area contributed by atoms with Crippen LogP contribution < -0.4 is 10.0 Å². The zero-order chi connectivity index (χ0) is 15.9. The molecule has 9 heteroatoms. The Morgan fingerprint density at radius 1 is 1.38 bits per heavy atom. The quantitative estimate of drug-likeness (QED) is 0.619. The lowest BCUT2D eigenvalue weighted by atomic mass is 10.4. The molecule has 2 N–H and O–H groups in total. The van der Waals surface area contributed by atoms with Gasteiger partial charge in [-0.3, -0.25) is 4.21 Å². The van der Waals surface area contributed by atoms with Crippen molar-refractivity contribution in [2.75, 3.05) is 30.4 Å². The third-order valence-electron chi connectivity index (χ3n) is 2.55. The van der Waals surface area contributed by atoms with Gasteiger partial charge in [0.05, 0.1) is 0 Å². The van der Waals surface area contributed by atoms with E-state index in [9.17, 15) is 12.6 Å². The highest BCUT2D eigenvalue weighted by atomic mass is 79.9. The predicted octanol–water partition coefficient (Wildman–Crippen LogP) is 1.71. The van der Waals surface area contributed by atoms with Gasteiger partial charge in [0.2, 0.25) is 10.0 Å². The first-order chi connectivity index (χ1) is 9.86. The average Bonchev–Trinajstić information content (AvgIpc) is 2.42. The molecule has 0 aromatic carbocycles. The van der Waals surface area contributed by atoms with E-state index in [2.05, 4.69) is 31.0 Å². The van der Waals surface area contributed by atoms with Gasteiger partial charge in [0.25, 0.3) is 0 Å². The van der Waals surface area contributed by atoms with Crippen LogP contribution in [0.2, 0.25) is 0 Å². The Balaban J connectivity index is 2.85. The smallest absolute Gasteiger partial charge is 0.244 e. The van der Waals surface area contributed by atoms with Crippen LogP contribution in [0.15, 0.2) is 21.6 Å². The van der Waals surface area contributed by atoms with Crippen molar-refractivity contribution in [3.63, 3.8) is 0 Å². The number of sulfonamides is 1. The van der Waals surface area contributed by atoms with Crippen molar-refractivity contribution in [2.45, 2.75) is 24.7 Å². The number of hydrogen-bond acceptors (Lipinski definition) is 5. The van der Waals surface area contributed by atoms with Crippen molar-refractivity contribution in [1.29, 1.82) is 0 Å². The van der Waals surface area contributed by atoms with E-state index >= 15 is 0 Å². The molecule has 120 valence electrons. The molecule has 1 aromatic heterocycles. The molecule has 0 amide bonds. The maximum absolute atomic E-state index is 12.3. The minimum Gasteiger partial charge on any atom is -0.369 e. The van der Waals surface area contributed by atoms with E-state index in [0.29, 0.717) is 29.0 Å². The molecular formula is C12H20BrN3O3S2. The van der Waals surface area contributed by atoms with Crippen LogP contribution >= 0.6 is 15.9 Å². The lowest BCUT2D eigenvalue weighted by Crippen LogP contribution is -2.27. The molecule has 0 aliphatic rings. The number of anilines is 1. The van der Waals surface area contributed by atoms with Gasteiger partial charge in [-0.1, -0.05) is 6.92 Å². The monoisotopic (exact) mass is 397 g/mol. The lowest BCUT2D eigenvalue weighted by molar-refractivity contribution is 0.580. The van der Waals surface area contributed by atoms with Crippen LogP contribution in [0.4, 0.5) is 5.82 Å². The van der Waals surface area contributed by atoms with Crippen molar-refractivity contribution in [1.82, 2.24) is 9.71 Å². The molecule has 0 fully saturated rings. The number of aromatic nitrogens is 1. The maximum atomic E-state index is 12.3. The zero-order valence-corrected chi connectivity index (χ0v) is 15.3. The molecule has 1 unspecified atom stereocenters. The van der Waals surface area contributed by atoms with Gasteiger partial charge in [-0.05, 0) is 34.8 Å². The normalized spacial score (nSPS) is 13.1. The number of nitrogens with one attached hydrogen (secondary N) is 2. The second-order valence-corrected chi connectivity index (χ2v) is 8.66. The third kappa shape index (κ3) is 6.41. The Hall–Kier alpha value is -0.510. The summed E-state index contributed by atoms with van der Waals surface area (Å²) in [5.41, 5.74) is 0. The number of nitrogens with zero attached hydrogens (tertiary/aromatic N) is 1. The summed E-state index contributed by atoms with van der Waals surface area (Å²) < 4.78 is 38.7. The van der Waals surface area contributed by atoms with Crippen LogP contribution in [-0.4, -0.2) is 42.7 Å². The van der Waals surface area contributed by atoms with Gasteiger partial charge >= 0.3 is 0 Å². The minimum absolute atomic E-state index is 0.114. The fourth-order valence-corrected chi connectivity index (χ4v) is 3.83. The third-order valence-corrected chi connectivity index (χ3v) is 5.32. The van der Waals surface area contributed by atoms with Crippen molar-refractivity contribution >= 4 is 42.6 Å². The molecule has 1 atom stereocenters. The Bertz CT molecular complexity index is 593. The van der Waals surface area contributed by atoms with Crippen LogP contribution in [0.25, 0.3) is 0 Å². The van der Waals surface area contributed by atoms with Crippen molar-refractivity contribution in [2.24, 2.45) is 0 Å². The Morgan fingerprint density at radius 3 is 2.71 bits per heavy atom. The van der Waals surface area contributed by atoms with Crippen molar-refractivity contribution < 1.29 is 12.6 Å². The highest BCUT2D eigenvalue weighted by Gasteiger charge is 2.19. The van der Waals surface area contributed by atoms with Gasteiger partial charge in [-0.15, -0.1) is 0 Å². The molecular weight excluding hydrogens is 378 g/mol. The molecule has 0 bridgehead atoms. The number of halogens is 1. The molecule has 0 radical (unpaired) electrons. The number of pyridine rings is 1. The van der Waals surface area contributed by atoms with Crippen LogP contribution in [0.5, 0.6) is 0 Å². The van der Waals surface area contributed by atoms with Gasteiger partial charge in [-0.25, -0.2) is 18.1 Å². The van der Waals surface area contributed by atoms with E-state index in [1.165, 1.54) is 6.07 Å². The van der Waals surface area contributed by atoms with Gasteiger partial charge in [0.15, 0.2) is 0 Å². The Kier molecular flexibility index (Phi) is 7.78. The summed E-state index contributed by atoms with van der Waals surface area (Å²) in [5.74, 6) is 0.812. The highest BCUT2D eigenvalue weighted by molar-refractivity contribution is 9.10. The van der Waals surface area contributed by atoms with E-state index in [4.69, 9.17) is 0 Å². The second kappa shape index (κ2) is 8.82. The van der Waals surface area contributed by atoms with Gasteiger partial charge in [0.1, 0.15) is 10.7 Å². The van der Waals surface area contributed by atoms with E-state index < -0.39 is 20.8 Å². The van der Waals surface area contributed by atoms with Crippen LogP contribution in [-0.2, 0) is 20.8 Å². The van der Waals surface area contributed by atoms with Crippen LogP contribution in [0, 0.1) is 0 Å². The van der Waals surface area contributed by atoms with Crippen LogP contribution in [0.3, 0.4) is 0 Å². The molecule has 1 rings (SSSR count). The fraction of sp³-hybridized carbons (Fsp3) is 0.583. The first-order valence-corrected chi connectivity index (χ1v) is 10.6. The predicted molar refractivity (Wildman–Crippen MR) is 89.5 cm³/mol. The summed E-state index contributed by atoms with van der Waals surface area (Å²) in [6.45, 7) is 2.89. The van der Waals surface area contributed by atoms with Gasteiger partial charge < -0.3 is 5.32 Å². The summed E-state index contributed by atoms with van der Waals surface area (Å²) in [5, 5.41) is 3.01. The molecule has 21 heavy (non-hydrogen) atoms. The first-order valence-electron chi connectivity index (χ1n) is 6.56. The molecule has 1 heterocycles. The molecule has 0 aliphatic heterocycles. The van der Waals surface area contributed by atoms with E-state index in [1.54, 1.807) is 12.5 Å². The standard InChI is InChI=1S/C12H20BrN3O3S2/c1-3-5-14-12-11(8-10(13)9-15-12)21(18,19)16-6-4-7-20(2)17/h8-9,16H,3-7H2,1-2H3,(H,14,15). The number of rotatable bonds is 9. The molecule has 0 saturated heterocycles. The number of hydrogen-bond donors (Lipinski definition) is 2. The summed E-state index contributed by atoms with van der Waals surface area (Å²) >= 11 is 3.24. The Labute approximate surface area is 136 Å². The lowest BCUT2D eigenvalue weighted by Gasteiger charge is -2.12. The Morgan fingerprint density at radius 2 is 2.10 bits per heavy atom. The first kappa shape index (κ1) is 18.5. The van der Waals surface area contributed by atoms with Gasteiger partial charge in [0, 0.05) is 46.6 Å². The summed E-state index contributed by atoms with van der Waals surface area (Å²) in [6, 6.07) is 1.52. The van der Waals surface area contributed by atoms with Crippen molar-refractivity contribution in [3.8, 4) is 0 Å². The van der Waals surface area contributed by atoms with E-state index in [1.807, 2.05) is 6.92 Å². The molecule has 0 aliphatic carbocycles. The topological polar surface area (TPSA) is 88.2 Å². The SMILES string of the molecule is CCCNc1ncc(Br)cc1S(=O)(=O)NCCCS(C)=O. The summed E-state index contributed by atoms with van der Waals surface area (Å²) in [6.07, 6.45) is 4.55.